The van der Waals surface area contributed by atoms with Crippen molar-refractivity contribution >= 4 is 40.2 Å². The summed E-state index contributed by atoms with van der Waals surface area (Å²) < 4.78 is 6.80. The van der Waals surface area contributed by atoms with Crippen LogP contribution in [0.4, 0.5) is 11.5 Å². The molecular weight excluding hydrogens is 422 g/mol. The van der Waals surface area contributed by atoms with Crippen LogP contribution in [-0.4, -0.2) is 63.1 Å². The summed E-state index contributed by atoms with van der Waals surface area (Å²) in [5, 5.41) is 22.6. The predicted molar refractivity (Wildman–Crippen MR) is 118 cm³/mol. The van der Waals surface area contributed by atoms with Crippen LogP contribution in [0.1, 0.15) is 17.3 Å². The number of benzene rings is 1. The molecule has 12 heteroatoms. The normalized spacial score (nSPS) is 10.9. The van der Waals surface area contributed by atoms with Gasteiger partial charge < -0.3 is 15.4 Å². The topological polar surface area (TPSA) is 137 Å². The highest BCUT2D eigenvalue weighted by molar-refractivity contribution is 7.99. The van der Waals surface area contributed by atoms with E-state index in [2.05, 4.69) is 25.7 Å². The van der Waals surface area contributed by atoms with Gasteiger partial charge in [-0.25, -0.2) is 14.6 Å². The monoisotopic (exact) mass is 445 g/mol. The fraction of sp³-hybridized carbons (Fsp3) is 0.368. The lowest BCUT2D eigenvalue weighted by atomic mass is 10.2. The van der Waals surface area contributed by atoms with Gasteiger partial charge in [0, 0.05) is 37.9 Å². The standard InChI is InChI=1S/C19H23N7O4S/c1-3-31-19-23-16(20-9-11-30-2)15-12-22-25(17(15)24-19)10-8-21-18(27)13-4-6-14(7-5-13)26(28)29/h4-7,12H,3,8-11H2,1-2H3,(H,21,27)(H,20,23,24). The average Bonchev–Trinajstić information content (AvgIpc) is 3.17. The van der Waals surface area contributed by atoms with E-state index in [0.717, 1.165) is 11.1 Å². The van der Waals surface area contributed by atoms with E-state index in [9.17, 15) is 14.9 Å². The van der Waals surface area contributed by atoms with Gasteiger partial charge in [-0.1, -0.05) is 18.7 Å². The van der Waals surface area contributed by atoms with E-state index < -0.39 is 4.92 Å². The minimum Gasteiger partial charge on any atom is -0.383 e. The zero-order valence-corrected chi connectivity index (χ0v) is 18.0. The molecule has 164 valence electrons. The summed E-state index contributed by atoms with van der Waals surface area (Å²) in [6.07, 6.45) is 1.70. The Morgan fingerprint density at radius 3 is 2.71 bits per heavy atom. The highest BCUT2D eigenvalue weighted by atomic mass is 32.2. The lowest BCUT2D eigenvalue weighted by Gasteiger charge is -2.09. The summed E-state index contributed by atoms with van der Waals surface area (Å²) in [6, 6.07) is 5.46. The lowest BCUT2D eigenvalue weighted by Crippen LogP contribution is -2.27. The Labute approximate surface area is 182 Å². The largest absolute Gasteiger partial charge is 0.383 e. The van der Waals surface area contributed by atoms with Gasteiger partial charge in [-0.15, -0.1) is 0 Å². The van der Waals surface area contributed by atoms with Crippen molar-refractivity contribution in [3.8, 4) is 0 Å². The van der Waals surface area contributed by atoms with E-state index in [1.165, 1.54) is 36.0 Å². The van der Waals surface area contributed by atoms with E-state index in [1.807, 2.05) is 6.92 Å². The molecular formula is C19H23N7O4S. The zero-order valence-electron chi connectivity index (χ0n) is 17.2. The first kappa shape index (κ1) is 22.4. The van der Waals surface area contributed by atoms with Crippen molar-refractivity contribution in [2.24, 2.45) is 0 Å². The molecule has 0 aliphatic heterocycles. The second-order valence-electron chi connectivity index (χ2n) is 6.37. The Morgan fingerprint density at radius 1 is 1.26 bits per heavy atom. The van der Waals surface area contributed by atoms with Gasteiger partial charge in [-0.2, -0.15) is 5.10 Å². The third-order valence-electron chi connectivity index (χ3n) is 4.30. The number of carbonyl (C=O) groups is 1. The van der Waals surface area contributed by atoms with E-state index in [0.29, 0.717) is 48.4 Å². The number of non-ortho nitro benzene ring substituents is 1. The first-order valence-corrected chi connectivity index (χ1v) is 10.6. The molecule has 0 bridgehead atoms. The predicted octanol–water partition coefficient (Wildman–Crippen LogP) is 2.33. The smallest absolute Gasteiger partial charge is 0.269 e. The molecule has 0 atom stereocenters. The minimum absolute atomic E-state index is 0.0603. The number of rotatable bonds is 11. The fourth-order valence-electron chi connectivity index (χ4n) is 2.81. The number of nitrogens with zero attached hydrogens (tertiary/aromatic N) is 5. The van der Waals surface area contributed by atoms with Gasteiger partial charge in [0.15, 0.2) is 10.8 Å². The molecule has 0 spiro atoms. The Kier molecular flexibility index (Phi) is 7.73. The Hall–Kier alpha value is -3.25. The first-order chi connectivity index (χ1) is 15.0. The number of ether oxygens (including phenoxy) is 1. The Bertz CT molecular complexity index is 1060. The number of anilines is 1. The van der Waals surface area contributed by atoms with Gasteiger partial charge in [-0.05, 0) is 17.9 Å². The highest BCUT2D eigenvalue weighted by Gasteiger charge is 2.14. The third-order valence-corrected chi connectivity index (χ3v) is 5.03. The number of hydrogen-bond donors (Lipinski definition) is 2. The second kappa shape index (κ2) is 10.7. The number of carbonyl (C=O) groups excluding carboxylic acids is 1. The number of methoxy groups -OCH3 is 1. The van der Waals surface area contributed by atoms with Crippen LogP contribution in [0.2, 0.25) is 0 Å². The molecule has 11 nitrogen and oxygen atoms in total. The molecule has 0 saturated heterocycles. The average molecular weight is 446 g/mol. The number of amides is 1. The first-order valence-electron chi connectivity index (χ1n) is 9.65. The lowest BCUT2D eigenvalue weighted by molar-refractivity contribution is -0.384. The van der Waals surface area contributed by atoms with Gasteiger partial charge >= 0.3 is 0 Å². The summed E-state index contributed by atoms with van der Waals surface area (Å²) in [6.45, 7) is 3.91. The molecule has 0 radical (unpaired) electrons. The van der Waals surface area contributed by atoms with Crippen molar-refractivity contribution in [2.75, 3.05) is 37.9 Å². The zero-order chi connectivity index (χ0) is 22.2. The molecule has 31 heavy (non-hydrogen) atoms. The van der Waals surface area contributed by atoms with Crippen LogP contribution in [0, 0.1) is 10.1 Å². The van der Waals surface area contributed by atoms with Crippen LogP contribution >= 0.6 is 11.8 Å². The maximum absolute atomic E-state index is 12.3. The summed E-state index contributed by atoms with van der Waals surface area (Å²) in [5.41, 5.74) is 0.967. The molecule has 2 heterocycles. The van der Waals surface area contributed by atoms with E-state index in [-0.39, 0.29) is 11.6 Å². The van der Waals surface area contributed by atoms with Crippen LogP contribution in [0.15, 0.2) is 35.6 Å². The number of nitrogens with one attached hydrogen (secondary N) is 2. The molecule has 0 unspecified atom stereocenters. The molecule has 0 saturated carbocycles. The molecule has 2 N–H and O–H groups in total. The molecule has 3 rings (SSSR count). The summed E-state index contributed by atoms with van der Waals surface area (Å²) >= 11 is 1.53. The number of hydrogen-bond acceptors (Lipinski definition) is 9. The summed E-state index contributed by atoms with van der Waals surface area (Å²) in [4.78, 5) is 31.7. The van der Waals surface area contributed by atoms with Crippen LogP contribution < -0.4 is 10.6 Å². The van der Waals surface area contributed by atoms with Crippen LogP contribution in [0.3, 0.4) is 0 Å². The Morgan fingerprint density at radius 2 is 2.03 bits per heavy atom. The third kappa shape index (κ3) is 5.67. The number of nitro groups is 1. The number of thioether (sulfide) groups is 1. The number of aromatic nitrogens is 4. The molecule has 1 amide bonds. The van der Waals surface area contributed by atoms with Crippen molar-refractivity contribution in [3.63, 3.8) is 0 Å². The van der Waals surface area contributed by atoms with Crippen molar-refractivity contribution in [3.05, 3.63) is 46.1 Å². The molecule has 1 aromatic carbocycles. The quantitative estimate of drug-likeness (QED) is 0.150. The maximum atomic E-state index is 12.3. The summed E-state index contributed by atoms with van der Waals surface area (Å²) in [5.74, 6) is 1.21. The molecule has 0 aliphatic carbocycles. The second-order valence-corrected chi connectivity index (χ2v) is 7.60. The Balaban J connectivity index is 1.69. The summed E-state index contributed by atoms with van der Waals surface area (Å²) in [7, 11) is 1.64. The maximum Gasteiger partial charge on any atom is 0.269 e. The molecule has 2 aromatic heterocycles. The van der Waals surface area contributed by atoms with Crippen molar-refractivity contribution in [1.29, 1.82) is 0 Å². The van der Waals surface area contributed by atoms with Gasteiger partial charge in [0.2, 0.25) is 0 Å². The van der Waals surface area contributed by atoms with E-state index in [1.54, 1.807) is 18.0 Å². The van der Waals surface area contributed by atoms with Crippen molar-refractivity contribution in [1.82, 2.24) is 25.1 Å². The SMILES string of the molecule is CCSc1nc(NCCOC)c2cnn(CCNC(=O)c3ccc([N+](=O)[O-])cc3)c2n1. The van der Waals surface area contributed by atoms with Gasteiger partial charge in [0.1, 0.15) is 5.82 Å². The molecule has 0 fully saturated rings. The van der Waals surface area contributed by atoms with Crippen LogP contribution in [0.5, 0.6) is 0 Å². The molecule has 3 aromatic rings. The van der Waals surface area contributed by atoms with Gasteiger partial charge in [0.05, 0.1) is 29.7 Å². The van der Waals surface area contributed by atoms with Crippen molar-refractivity contribution < 1.29 is 14.5 Å². The number of nitro benzene ring substituents is 1. The van der Waals surface area contributed by atoms with E-state index >= 15 is 0 Å². The van der Waals surface area contributed by atoms with Gasteiger partial charge in [-0.3, -0.25) is 14.9 Å². The highest BCUT2D eigenvalue weighted by Crippen LogP contribution is 2.24. The van der Waals surface area contributed by atoms with Gasteiger partial charge in [0.25, 0.3) is 11.6 Å². The number of fused-ring (bicyclic) bond motifs is 1. The fourth-order valence-corrected chi connectivity index (χ4v) is 3.38. The molecule has 0 aliphatic rings. The van der Waals surface area contributed by atoms with Crippen molar-refractivity contribution in [2.45, 2.75) is 18.6 Å². The van der Waals surface area contributed by atoms with Crippen LogP contribution in [-0.2, 0) is 11.3 Å². The van der Waals surface area contributed by atoms with Crippen LogP contribution in [0.25, 0.3) is 11.0 Å². The van der Waals surface area contributed by atoms with E-state index in [4.69, 9.17) is 4.74 Å². The minimum atomic E-state index is -0.504.